The summed E-state index contributed by atoms with van der Waals surface area (Å²) in [4.78, 5) is 10.7. The third kappa shape index (κ3) is 3.39. The van der Waals surface area contributed by atoms with Crippen LogP contribution in [0.4, 0.5) is 13.2 Å². The van der Waals surface area contributed by atoms with Gasteiger partial charge in [-0.05, 0) is 58.4 Å². The molecule has 0 unspecified atom stereocenters. The minimum absolute atomic E-state index is 0.281. The highest BCUT2D eigenvalue weighted by Crippen LogP contribution is 2.32. The second-order valence-corrected chi connectivity index (χ2v) is 4.78. The maximum absolute atomic E-state index is 12.4. The normalized spacial score (nSPS) is 11.2. The van der Waals surface area contributed by atoms with Crippen molar-refractivity contribution in [2.45, 2.75) is 6.18 Å². The quantitative estimate of drug-likeness (QED) is 0.726. The minimum atomic E-state index is -4.37. The number of carbonyl (C=O) groups excluding carboxylic acids is 1. The molecule has 20 heavy (non-hydrogen) atoms. The topological polar surface area (TPSA) is 26.3 Å². The maximum atomic E-state index is 12.4. The second-order valence-electron chi connectivity index (χ2n) is 3.93. The Balaban J connectivity index is 2.18. The summed E-state index contributed by atoms with van der Waals surface area (Å²) in [7, 11) is 0. The zero-order valence-corrected chi connectivity index (χ0v) is 11.5. The van der Waals surface area contributed by atoms with Crippen molar-refractivity contribution in [3.63, 3.8) is 0 Å². The number of carbonyl (C=O) groups is 1. The van der Waals surface area contributed by atoms with Crippen LogP contribution in [0.5, 0.6) is 11.5 Å². The smallest absolute Gasteiger partial charge is 0.416 e. The van der Waals surface area contributed by atoms with E-state index in [1.165, 1.54) is 12.1 Å². The summed E-state index contributed by atoms with van der Waals surface area (Å²) in [5, 5.41) is 0. The van der Waals surface area contributed by atoms with Crippen molar-refractivity contribution in [2.75, 3.05) is 0 Å². The molecule has 2 rings (SSSR count). The molecule has 0 aliphatic heterocycles. The molecule has 0 radical (unpaired) electrons. The molecule has 2 nitrogen and oxygen atoms in total. The fourth-order valence-electron chi connectivity index (χ4n) is 1.51. The molecule has 104 valence electrons. The van der Waals surface area contributed by atoms with Gasteiger partial charge in [0.1, 0.15) is 11.5 Å². The lowest BCUT2D eigenvalue weighted by atomic mass is 10.2. The van der Waals surface area contributed by atoms with Crippen molar-refractivity contribution in [3.05, 3.63) is 58.1 Å². The van der Waals surface area contributed by atoms with E-state index in [0.29, 0.717) is 22.1 Å². The van der Waals surface area contributed by atoms with Crippen molar-refractivity contribution < 1.29 is 22.7 Å². The van der Waals surface area contributed by atoms with Crippen LogP contribution in [0.2, 0.25) is 0 Å². The molecule has 0 saturated heterocycles. The van der Waals surface area contributed by atoms with Crippen molar-refractivity contribution in [1.29, 1.82) is 0 Å². The minimum Gasteiger partial charge on any atom is -0.457 e. The molecule has 6 heteroatoms. The fourth-order valence-corrected chi connectivity index (χ4v) is 1.97. The van der Waals surface area contributed by atoms with Crippen LogP contribution in [0.1, 0.15) is 15.9 Å². The van der Waals surface area contributed by atoms with Crippen molar-refractivity contribution in [1.82, 2.24) is 0 Å². The molecular weight excluding hydrogens is 337 g/mol. The van der Waals surface area contributed by atoms with Crippen LogP contribution in [-0.2, 0) is 6.18 Å². The SMILES string of the molecule is O=Cc1ccc(Oc2ccc(C(F)(F)F)cc2)cc1Br. The second kappa shape index (κ2) is 5.66. The Morgan fingerprint density at radius 1 is 1.00 bits per heavy atom. The molecule has 0 fully saturated rings. The summed E-state index contributed by atoms with van der Waals surface area (Å²) in [5.41, 5.74) is -0.271. The Hall–Kier alpha value is -1.82. The fraction of sp³-hybridized carbons (Fsp3) is 0.0714. The number of halogens is 4. The Kier molecular flexibility index (Phi) is 4.13. The Bertz CT molecular complexity index is 621. The van der Waals surface area contributed by atoms with Gasteiger partial charge in [0.15, 0.2) is 6.29 Å². The van der Waals surface area contributed by atoms with Gasteiger partial charge in [0.05, 0.1) is 5.56 Å². The monoisotopic (exact) mass is 344 g/mol. The first-order valence-corrected chi connectivity index (χ1v) is 6.29. The van der Waals surface area contributed by atoms with Gasteiger partial charge in [-0.3, -0.25) is 4.79 Å². The van der Waals surface area contributed by atoms with Gasteiger partial charge in [-0.25, -0.2) is 0 Å². The average molecular weight is 345 g/mol. The molecule has 0 heterocycles. The van der Waals surface area contributed by atoms with Gasteiger partial charge in [0.2, 0.25) is 0 Å². The molecule has 0 aliphatic carbocycles. The molecule has 2 aromatic rings. The van der Waals surface area contributed by atoms with E-state index in [1.54, 1.807) is 18.2 Å². The predicted molar refractivity (Wildman–Crippen MR) is 71.0 cm³/mol. The van der Waals surface area contributed by atoms with Gasteiger partial charge >= 0.3 is 6.18 Å². The first-order valence-electron chi connectivity index (χ1n) is 5.50. The Morgan fingerprint density at radius 3 is 2.10 bits per heavy atom. The number of alkyl halides is 3. The van der Waals surface area contributed by atoms with E-state index in [2.05, 4.69) is 15.9 Å². The first-order chi connectivity index (χ1) is 9.40. The number of hydrogen-bond donors (Lipinski definition) is 0. The van der Waals surface area contributed by atoms with E-state index in [9.17, 15) is 18.0 Å². The number of hydrogen-bond acceptors (Lipinski definition) is 2. The molecule has 0 saturated carbocycles. The highest BCUT2D eigenvalue weighted by atomic mass is 79.9. The first kappa shape index (κ1) is 14.6. The van der Waals surface area contributed by atoms with E-state index in [0.717, 1.165) is 12.1 Å². The highest BCUT2D eigenvalue weighted by molar-refractivity contribution is 9.10. The predicted octanol–water partition coefficient (Wildman–Crippen LogP) is 5.07. The van der Waals surface area contributed by atoms with Gasteiger partial charge in [0.25, 0.3) is 0 Å². The van der Waals surface area contributed by atoms with Crippen molar-refractivity contribution in [2.24, 2.45) is 0 Å². The summed E-state index contributed by atoms with van der Waals surface area (Å²) in [6.45, 7) is 0. The van der Waals surface area contributed by atoms with Crippen LogP contribution in [0.25, 0.3) is 0 Å². The molecule has 0 aromatic heterocycles. The largest absolute Gasteiger partial charge is 0.457 e. The lowest BCUT2D eigenvalue weighted by Crippen LogP contribution is -2.03. The van der Waals surface area contributed by atoms with Gasteiger partial charge in [-0.1, -0.05) is 0 Å². The lowest BCUT2D eigenvalue weighted by molar-refractivity contribution is -0.137. The van der Waals surface area contributed by atoms with Crippen LogP contribution in [-0.4, -0.2) is 6.29 Å². The molecular formula is C14H8BrF3O2. The van der Waals surface area contributed by atoms with E-state index < -0.39 is 11.7 Å². The van der Waals surface area contributed by atoms with Crippen LogP contribution in [0, 0.1) is 0 Å². The van der Waals surface area contributed by atoms with Gasteiger partial charge < -0.3 is 4.74 Å². The van der Waals surface area contributed by atoms with E-state index in [1.807, 2.05) is 0 Å². The van der Waals surface area contributed by atoms with Gasteiger partial charge in [-0.15, -0.1) is 0 Å². The molecule has 2 aromatic carbocycles. The summed E-state index contributed by atoms with van der Waals surface area (Å²) in [5.74, 6) is 0.700. The Labute approximate surface area is 121 Å². The zero-order valence-electron chi connectivity index (χ0n) is 9.95. The van der Waals surface area contributed by atoms with Crippen LogP contribution < -0.4 is 4.74 Å². The third-order valence-corrected chi connectivity index (χ3v) is 3.20. The standard InChI is InChI=1S/C14H8BrF3O2/c15-13-7-12(4-1-9(13)8-19)20-11-5-2-10(3-6-11)14(16,17)18/h1-8H. The summed E-state index contributed by atoms with van der Waals surface area (Å²) >= 11 is 3.20. The van der Waals surface area contributed by atoms with E-state index in [4.69, 9.17) is 4.74 Å². The molecule has 0 N–H and O–H groups in total. The average Bonchev–Trinajstić information content (AvgIpc) is 2.38. The molecule has 0 atom stereocenters. The van der Waals surface area contributed by atoms with Crippen LogP contribution in [0.3, 0.4) is 0 Å². The highest BCUT2D eigenvalue weighted by Gasteiger charge is 2.30. The molecule has 0 aliphatic rings. The Morgan fingerprint density at radius 2 is 1.60 bits per heavy atom. The molecule has 0 bridgehead atoms. The summed E-state index contributed by atoms with van der Waals surface area (Å²) in [6.07, 6.45) is -3.68. The van der Waals surface area contributed by atoms with Gasteiger partial charge in [0, 0.05) is 10.0 Å². The maximum Gasteiger partial charge on any atom is 0.416 e. The molecule has 0 spiro atoms. The van der Waals surface area contributed by atoms with Crippen molar-refractivity contribution >= 4 is 22.2 Å². The summed E-state index contributed by atoms with van der Waals surface area (Å²) in [6, 6.07) is 9.06. The number of aldehydes is 1. The summed E-state index contributed by atoms with van der Waals surface area (Å²) < 4.78 is 43.2. The van der Waals surface area contributed by atoms with Crippen molar-refractivity contribution in [3.8, 4) is 11.5 Å². The van der Waals surface area contributed by atoms with E-state index >= 15 is 0 Å². The number of rotatable bonds is 3. The van der Waals surface area contributed by atoms with Crippen LogP contribution in [0.15, 0.2) is 46.9 Å². The third-order valence-electron chi connectivity index (χ3n) is 2.52. The zero-order chi connectivity index (χ0) is 14.8. The lowest BCUT2D eigenvalue weighted by Gasteiger charge is -2.09. The number of benzene rings is 2. The van der Waals surface area contributed by atoms with E-state index in [-0.39, 0.29) is 5.75 Å². The number of ether oxygens (including phenoxy) is 1. The molecule has 0 amide bonds. The van der Waals surface area contributed by atoms with Crippen LogP contribution >= 0.6 is 15.9 Å². The van der Waals surface area contributed by atoms with Gasteiger partial charge in [-0.2, -0.15) is 13.2 Å².